The van der Waals surface area contributed by atoms with Crippen LogP contribution in [-0.4, -0.2) is 44.6 Å². The average Bonchev–Trinajstić information content (AvgIpc) is 3.45. The number of aryl methyl sites for hydroxylation is 2. The molecule has 1 unspecified atom stereocenters. The van der Waals surface area contributed by atoms with Crippen LogP contribution in [0.1, 0.15) is 68.2 Å². The Labute approximate surface area is 222 Å². The van der Waals surface area contributed by atoms with E-state index in [1.54, 1.807) is 16.8 Å². The number of benzene rings is 2. The van der Waals surface area contributed by atoms with Crippen molar-refractivity contribution in [2.45, 2.75) is 64.8 Å². The third-order valence-electron chi connectivity index (χ3n) is 7.32. The van der Waals surface area contributed by atoms with E-state index in [4.69, 9.17) is 19.6 Å². The second kappa shape index (κ2) is 10.8. The number of hydrogen-bond donors (Lipinski definition) is 2. The van der Waals surface area contributed by atoms with Crippen molar-refractivity contribution in [1.29, 1.82) is 0 Å². The fourth-order valence-corrected chi connectivity index (χ4v) is 5.41. The van der Waals surface area contributed by atoms with E-state index < -0.39 is 0 Å². The highest BCUT2D eigenvalue weighted by Gasteiger charge is 2.34. The molecule has 2 aromatic carbocycles. The first-order valence-corrected chi connectivity index (χ1v) is 13.3. The van der Waals surface area contributed by atoms with E-state index in [1.165, 1.54) is 33.5 Å². The number of nitrogens with zero attached hydrogens (tertiary/aromatic N) is 4. The Morgan fingerprint density at radius 3 is 2.50 bits per heavy atom. The number of carbonyl (C=O) groups is 1. The molecule has 2 N–H and O–H groups in total. The van der Waals surface area contributed by atoms with Crippen molar-refractivity contribution < 1.29 is 19.4 Å². The molecule has 0 aliphatic carbocycles. The number of nitrogens with one attached hydrogen (secondary N) is 1. The Hall–Kier alpha value is -4.01. The van der Waals surface area contributed by atoms with Gasteiger partial charge in [-0.15, -0.1) is 0 Å². The standard InChI is InChI=1S/C29H35N5O4/c1-5-6-7-8-11-14-33-22-13-10-9-12-21(22)30-29(33)34-28-26(18(2)32-34)20(17-25(35)31-28)19-15-23(37-3)27(36)24(16-19)38-4/h9-10,12-13,15-16,20,36H,5-8,11,14,17H2,1-4H3,(H,31,35). The number of methoxy groups -OCH3 is 2. The number of aromatic nitrogens is 4. The Morgan fingerprint density at radius 1 is 1.08 bits per heavy atom. The van der Waals surface area contributed by atoms with Crippen molar-refractivity contribution in [2.24, 2.45) is 0 Å². The maximum atomic E-state index is 13.0. The zero-order valence-electron chi connectivity index (χ0n) is 22.5. The molecule has 0 bridgehead atoms. The number of imidazole rings is 1. The summed E-state index contributed by atoms with van der Waals surface area (Å²) in [7, 11) is 2.99. The summed E-state index contributed by atoms with van der Waals surface area (Å²) < 4.78 is 14.7. The molecule has 0 fully saturated rings. The normalized spacial score (nSPS) is 14.9. The molecule has 1 atom stereocenters. The fraction of sp³-hybridized carbons (Fsp3) is 0.414. The minimum absolute atomic E-state index is 0.0701. The number of fused-ring (bicyclic) bond motifs is 2. The van der Waals surface area contributed by atoms with Crippen LogP contribution in [0.25, 0.3) is 17.0 Å². The van der Waals surface area contributed by atoms with Crippen LogP contribution in [0, 0.1) is 6.92 Å². The van der Waals surface area contributed by atoms with E-state index >= 15 is 0 Å². The SMILES string of the molecule is CCCCCCCn1c(-n2nc(C)c3c2NC(=O)CC3c2cc(OC)c(O)c(OC)c2)nc2ccccc21. The van der Waals surface area contributed by atoms with Gasteiger partial charge in [-0.3, -0.25) is 4.79 Å². The van der Waals surface area contributed by atoms with Gasteiger partial charge in [-0.2, -0.15) is 9.78 Å². The summed E-state index contributed by atoms with van der Waals surface area (Å²) in [5.74, 6) is 1.42. The van der Waals surface area contributed by atoms with Gasteiger partial charge in [0.05, 0.1) is 30.9 Å². The molecule has 38 heavy (non-hydrogen) atoms. The third-order valence-corrected chi connectivity index (χ3v) is 7.32. The van der Waals surface area contributed by atoms with Gasteiger partial charge >= 0.3 is 0 Å². The van der Waals surface area contributed by atoms with Crippen LogP contribution in [-0.2, 0) is 11.3 Å². The Bertz CT molecular complexity index is 1450. The summed E-state index contributed by atoms with van der Waals surface area (Å²) in [6.45, 7) is 4.99. The average molecular weight is 518 g/mol. The topological polar surface area (TPSA) is 103 Å². The number of unbranched alkanes of at least 4 members (excludes halogenated alkanes) is 4. The molecule has 0 saturated carbocycles. The van der Waals surface area contributed by atoms with Crippen molar-refractivity contribution in [2.75, 3.05) is 19.5 Å². The Kier molecular flexibility index (Phi) is 7.26. The minimum atomic E-state index is -0.289. The minimum Gasteiger partial charge on any atom is -0.502 e. The lowest BCUT2D eigenvalue weighted by Gasteiger charge is -2.25. The number of aromatic hydroxyl groups is 1. The zero-order valence-corrected chi connectivity index (χ0v) is 22.5. The molecule has 0 radical (unpaired) electrons. The van der Waals surface area contributed by atoms with Crippen LogP contribution < -0.4 is 14.8 Å². The van der Waals surface area contributed by atoms with E-state index in [0.29, 0.717) is 23.3 Å². The molecule has 0 spiro atoms. The highest BCUT2D eigenvalue weighted by Crippen LogP contribution is 2.45. The summed E-state index contributed by atoms with van der Waals surface area (Å²) in [5, 5.41) is 18.4. The number of amides is 1. The summed E-state index contributed by atoms with van der Waals surface area (Å²) in [6, 6.07) is 11.6. The van der Waals surface area contributed by atoms with Gasteiger partial charge in [-0.1, -0.05) is 44.7 Å². The Balaban J connectivity index is 1.61. The first kappa shape index (κ1) is 25.6. The van der Waals surface area contributed by atoms with Gasteiger partial charge in [0.25, 0.3) is 0 Å². The number of carbonyl (C=O) groups excluding carboxylic acids is 1. The lowest BCUT2D eigenvalue weighted by Crippen LogP contribution is -2.25. The van der Waals surface area contributed by atoms with Gasteiger partial charge in [0.1, 0.15) is 5.82 Å². The molecule has 1 amide bonds. The molecule has 3 heterocycles. The molecule has 4 aromatic rings. The summed E-state index contributed by atoms with van der Waals surface area (Å²) in [4.78, 5) is 18.0. The van der Waals surface area contributed by atoms with Crippen LogP contribution in [0.5, 0.6) is 17.2 Å². The van der Waals surface area contributed by atoms with Gasteiger partial charge < -0.3 is 24.5 Å². The largest absolute Gasteiger partial charge is 0.502 e. The predicted molar refractivity (Wildman–Crippen MR) is 147 cm³/mol. The fourth-order valence-electron chi connectivity index (χ4n) is 5.41. The molecule has 0 saturated heterocycles. The molecule has 9 nitrogen and oxygen atoms in total. The number of ether oxygens (including phenoxy) is 2. The van der Waals surface area contributed by atoms with Crippen LogP contribution in [0.2, 0.25) is 0 Å². The quantitative estimate of drug-likeness (QED) is 0.262. The summed E-state index contributed by atoms with van der Waals surface area (Å²) in [6.07, 6.45) is 6.09. The summed E-state index contributed by atoms with van der Waals surface area (Å²) in [5.41, 5.74) is 4.47. The van der Waals surface area contributed by atoms with Crippen molar-refractivity contribution in [3.05, 3.63) is 53.2 Å². The van der Waals surface area contributed by atoms with Crippen LogP contribution in [0.4, 0.5) is 5.82 Å². The monoisotopic (exact) mass is 517 g/mol. The van der Waals surface area contributed by atoms with Crippen molar-refractivity contribution in [3.8, 4) is 23.2 Å². The van der Waals surface area contributed by atoms with E-state index in [0.717, 1.165) is 47.2 Å². The molecule has 9 heteroatoms. The number of phenolic OH excluding ortho intramolecular Hbond substituents is 1. The van der Waals surface area contributed by atoms with E-state index in [2.05, 4.69) is 22.9 Å². The van der Waals surface area contributed by atoms with Crippen molar-refractivity contribution in [1.82, 2.24) is 19.3 Å². The second-order valence-electron chi connectivity index (χ2n) is 9.80. The van der Waals surface area contributed by atoms with E-state index in [-0.39, 0.29) is 24.0 Å². The molecule has 5 rings (SSSR count). The third kappa shape index (κ3) is 4.57. The van der Waals surface area contributed by atoms with Crippen LogP contribution >= 0.6 is 0 Å². The predicted octanol–water partition coefficient (Wildman–Crippen LogP) is 5.70. The Morgan fingerprint density at radius 2 is 1.79 bits per heavy atom. The van der Waals surface area contributed by atoms with Gasteiger partial charge in [-0.25, -0.2) is 4.98 Å². The lowest BCUT2D eigenvalue weighted by molar-refractivity contribution is -0.116. The van der Waals surface area contributed by atoms with E-state index in [1.807, 2.05) is 25.1 Å². The van der Waals surface area contributed by atoms with Crippen molar-refractivity contribution in [3.63, 3.8) is 0 Å². The lowest BCUT2D eigenvalue weighted by atomic mass is 9.85. The van der Waals surface area contributed by atoms with Crippen molar-refractivity contribution >= 4 is 22.8 Å². The van der Waals surface area contributed by atoms with Gasteiger partial charge in [0.15, 0.2) is 11.5 Å². The maximum absolute atomic E-state index is 13.0. The first-order valence-electron chi connectivity index (χ1n) is 13.3. The van der Waals surface area contributed by atoms with Gasteiger partial charge in [0, 0.05) is 24.4 Å². The number of rotatable bonds is 10. The number of anilines is 1. The number of phenols is 1. The molecule has 2 aromatic heterocycles. The summed E-state index contributed by atoms with van der Waals surface area (Å²) >= 11 is 0. The smallest absolute Gasteiger partial charge is 0.233 e. The van der Waals surface area contributed by atoms with Gasteiger partial charge in [0.2, 0.25) is 17.6 Å². The number of hydrogen-bond acceptors (Lipinski definition) is 6. The zero-order chi connectivity index (χ0) is 26.8. The second-order valence-corrected chi connectivity index (χ2v) is 9.80. The van der Waals surface area contributed by atoms with Gasteiger partial charge in [-0.05, 0) is 43.2 Å². The highest BCUT2D eigenvalue weighted by atomic mass is 16.5. The number of para-hydroxylation sites is 2. The van der Waals surface area contributed by atoms with Crippen LogP contribution in [0.3, 0.4) is 0 Å². The molecular weight excluding hydrogens is 482 g/mol. The molecular formula is C29H35N5O4. The van der Waals surface area contributed by atoms with E-state index in [9.17, 15) is 9.90 Å². The molecule has 1 aliphatic rings. The molecule has 200 valence electrons. The maximum Gasteiger partial charge on any atom is 0.233 e. The highest BCUT2D eigenvalue weighted by molar-refractivity contribution is 5.95. The first-order chi connectivity index (χ1) is 18.5. The van der Waals surface area contributed by atoms with Crippen LogP contribution in [0.15, 0.2) is 36.4 Å². The molecule has 1 aliphatic heterocycles.